The Morgan fingerprint density at radius 2 is 1.43 bits per heavy atom. The van der Waals surface area contributed by atoms with Crippen molar-refractivity contribution in [3.8, 4) is 0 Å². The zero-order chi connectivity index (χ0) is 23.2. The molecule has 0 aliphatic rings. The Morgan fingerprint density at radius 1 is 0.800 bits per heavy atom. The van der Waals surface area contributed by atoms with E-state index in [9.17, 15) is 4.39 Å². The second kappa shape index (κ2) is 10.4. The van der Waals surface area contributed by atoms with Crippen molar-refractivity contribution in [1.82, 2.24) is 20.2 Å². The molecule has 8 heteroatoms. The number of anilines is 1. The Morgan fingerprint density at radius 3 is 1.70 bits per heavy atom. The lowest BCUT2D eigenvalue weighted by molar-refractivity contribution is 0.566. The van der Waals surface area contributed by atoms with Crippen molar-refractivity contribution < 1.29 is 4.39 Å². The fraction of sp³-hybridized carbons (Fsp3) is 0.545. The maximum Gasteiger partial charge on any atom is 0.203 e. The monoisotopic (exact) mass is 451 g/mol. The number of nitrogens with two attached hydrogens (primary N) is 1. The van der Waals surface area contributed by atoms with Crippen molar-refractivity contribution in [1.29, 1.82) is 0 Å². The minimum absolute atomic E-state index is 0.0188. The minimum atomic E-state index is -0.266. The van der Waals surface area contributed by atoms with Gasteiger partial charge in [0.25, 0.3) is 0 Å². The van der Waals surface area contributed by atoms with E-state index < -0.39 is 0 Å². The minimum Gasteiger partial charge on any atom is -0.374 e. The van der Waals surface area contributed by atoms with Gasteiger partial charge in [0, 0.05) is 22.7 Å². The molecule has 30 heavy (non-hydrogen) atoms. The number of nitrogens with zero attached hydrogens (tertiary/aromatic N) is 4. The van der Waals surface area contributed by atoms with E-state index in [1.54, 1.807) is 17.5 Å². The summed E-state index contributed by atoms with van der Waals surface area (Å²) in [4.78, 5) is 9.13. The smallest absolute Gasteiger partial charge is 0.203 e. The summed E-state index contributed by atoms with van der Waals surface area (Å²) in [6.07, 6.45) is 4.85. The van der Waals surface area contributed by atoms with Crippen LogP contribution >= 0.6 is 22.7 Å². The molecule has 0 aliphatic carbocycles. The van der Waals surface area contributed by atoms with Crippen LogP contribution in [-0.2, 0) is 16.2 Å². The molecular weight excluding hydrogens is 417 g/mol. The number of thiazole rings is 1. The molecule has 0 saturated heterocycles. The lowest BCUT2D eigenvalue weighted by Crippen LogP contribution is -2.11. The second-order valence-electron chi connectivity index (χ2n) is 9.95. The lowest BCUT2D eigenvalue weighted by Gasteiger charge is -2.17. The summed E-state index contributed by atoms with van der Waals surface area (Å²) in [6.45, 7) is 18.9. The molecule has 0 bridgehead atoms. The molecule has 0 atom stereocenters. The molecule has 0 unspecified atom stereocenters. The van der Waals surface area contributed by atoms with Crippen LogP contribution in [0.3, 0.4) is 0 Å². The molecule has 3 aromatic heterocycles. The van der Waals surface area contributed by atoms with Gasteiger partial charge in [0.1, 0.15) is 10.8 Å². The van der Waals surface area contributed by atoms with Gasteiger partial charge < -0.3 is 5.73 Å². The van der Waals surface area contributed by atoms with Gasteiger partial charge in [-0.3, -0.25) is 9.97 Å². The van der Waals surface area contributed by atoms with Crippen LogP contribution in [0.2, 0.25) is 0 Å². The van der Waals surface area contributed by atoms with Gasteiger partial charge in [-0.15, -0.1) is 21.5 Å². The van der Waals surface area contributed by atoms with Gasteiger partial charge in [-0.25, -0.2) is 4.39 Å². The summed E-state index contributed by atoms with van der Waals surface area (Å²) >= 11 is 3.17. The van der Waals surface area contributed by atoms with Crippen LogP contribution in [0, 0.1) is 5.82 Å². The number of pyridine rings is 1. The third kappa shape index (κ3) is 9.26. The fourth-order valence-corrected chi connectivity index (χ4v) is 3.32. The highest BCUT2D eigenvalue weighted by molar-refractivity contribution is 7.15. The van der Waals surface area contributed by atoms with Crippen LogP contribution < -0.4 is 5.73 Å². The van der Waals surface area contributed by atoms with E-state index in [0.717, 1.165) is 10.6 Å². The highest BCUT2D eigenvalue weighted by Gasteiger charge is 2.18. The van der Waals surface area contributed by atoms with E-state index >= 15 is 0 Å². The molecule has 0 fully saturated rings. The number of hydrogen-bond donors (Lipinski definition) is 1. The standard InChI is InChI=1S/C9H12FN.C7H11NS.C6H11N3S/c1-9(2,3)7-4-8(10)6-11-5-7;1-7(2,3)6-4-8-5-9-6;1-6(2,3)4-8-9-5(7)10-4/h4-6H,1-3H3;4-5H,1-3H3;1-3H3,(H2,7,9). The molecular formula is C22H34FN5S2. The summed E-state index contributed by atoms with van der Waals surface area (Å²) in [5, 5.41) is 9.20. The SMILES string of the molecule is CC(C)(C)c1cncc(F)c1.CC(C)(C)c1cncs1.CC(C)(C)c1nnc(N)s1. The quantitative estimate of drug-likeness (QED) is 0.429. The predicted molar refractivity (Wildman–Crippen MR) is 127 cm³/mol. The van der Waals surface area contributed by atoms with Crippen LogP contribution in [-0.4, -0.2) is 20.2 Å². The Labute approximate surface area is 188 Å². The highest BCUT2D eigenvalue weighted by Crippen LogP contribution is 2.26. The molecule has 2 N–H and O–H groups in total. The Kier molecular flexibility index (Phi) is 9.05. The van der Waals surface area contributed by atoms with Gasteiger partial charge in [-0.1, -0.05) is 73.7 Å². The molecule has 3 aromatic rings. The van der Waals surface area contributed by atoms with Crippen LogP contribution in [0.25, 0.3) is 0 Å². The summed E-state index contributed by atoms with van der Waals surface area (Å²) in [5.74, 6) is -0.266. The second-order valence-corrected chi connectivity index (χ2v) is 11.8. The first-order chi connectivity index (χ1) is 13.6. The predicted octanol–water partition coefficient (Wildman–Crippen LogP) is 6.38. The first-order valence-electron chi connectivity index (χ1n) is 9.70. The van der Waals surface area contributed by atoms with Crippen LogP contribution in [0.15, 0.2) is 30.2 Å². The average Bonchev–Trinajstić information content (AvgIpc) is 3.25. The van der Waals surface area contributed by atoms with Gasteiger partial charge in [0.15, 0.2) is 0 Å². The van der Waals surface area contributed by atoms with Crippen molar-refractivity contribution >= 4 is 27.8 Å². The van der Waals surface area contributed by atoms with Crippen molar-refractivity contribution in [2.45, 2.75) is 78.6 Å². The molecule has 0 saturated carbocycles. The molecule has 0 radical (unpaired) electrons. The normalized spacial score (nSPS) is 11.8. The number of nitrogen functional groups attached to an aromatic ring is 1. The van der Waals surface area contributed by atoms with Crippen molar-refractivity contribution in [2.75, 3.05) is 5.73 Å². The van der Waals surface area contributed by atoms with E-state index in [4.69, 9.17) is 5.73 Å². The van der Waals surface area contributed by atoms with Crippen LogP contribution in [0.4, 0.5) is 9.52 Å². The summed E-state index contributed by atoms with van der Waals surface area (Å²) in [6, 6.07) is 1.52. The summed E-state index contributed by atoms with van der Waals surface area (Å²) in [7, 11) is 0. The number of rotatable bonds is 0. The third-order valence-corrected chi connectivity index (χ3v) is 6.20. The Bertz CT molecular complexity index is 885. The topological polar surface area (TPSA) is 77.6 Å². The van der Waals surface area contributed by atoms with Gasteiger partial charge in [-0.2, -0.15) is 0 Å². The molecule has 5 nitrogen and oxygen atoms in total. The van der Waals surface area contributed by atoms with E-state index in [1.165, 1.54) is 28.5 Å². The van der Waals surface area contributed by atoms with Gasteiger partial charge in [0.05, 0.1) is 11.7 Å². The molecule has 0 spiro atoms. The fourth-order valence-electron chi connectivity index (χ4n) is 1.95. The van der Waals surface area contributed by atoms with Gasteiger partial charge in [0.2, 0.25) is 5.13 Å². The zero-order valence-electron chi connectivity index (χ0n) is 19.4. The molecule has 166 valence electrons. The van der Waals surface area contributed by atoms with E-state index in [-0.39, 0.29) is 22.1 Å². The number of aromatic nitrogens is 4. The van der Waals surface area contributed by atoms with Crippen molar-refractivity contribution in [3.63, 3.8) is 0 Å². The number of halogens is 1. The first-order valence-corrected chi connectivity index (χ1v) is 11.4. The highest BCUT2D eigenvalue weighted by atomic mass is 32.1. The Balaban J connectivity index is 0.000000226. The van der Waals surface area contributed by atoms with E-state index in [2.05, 4.69) is 61.7 Å². The van der Waals surface area contributed by atoms with E-state index in [1.807, 2.05) is 32.5 Å². The van der Waals surface area contributed by atoms with Crippen LogP contribution in [0.5, 0.6) is 0 Å². The molecule has 0 amide bonds. The van der Waals surface area contributed by atoms with Gasteiger partial charge >= 0.3 is 0 Å². The van der Waals surface area contributed by atoms with Crippen molar-refractivity contribution in [3.05, 3.63) is 51.4 Å². The van der Waals surface area contributed by atoms with Gasteiger partial charge in [-0.05, 0) is 22.5 Å². The van der Waals surface area contributed by atoms with Crippen molar-refractivity contribution in [2.24, 2.45) is 0 Å². The Hall–Kier alpha value is -1.93. The largest absolute Gasteiger partial charge is 0.374 e. The first kappa shape index (κ1) is 26.1. The summed E-state index contributed by atoms with van der Waals surface area (Å²) < 4.78 is 12.6. The summed E-state index contributed by atoms with van der Waals surface area (Å²) in [5.41, 5.74) is 8.56. The lowest BCUT2D eigenvalue weighted by atomic mass is 9.88. The third-order valence-electron chi connectivity index (χ3n) is 3.82. The maximum atomic E-state index is 12.6. The number of hydrogen-bond acceptors (Lipinski definition) is 7. The average molecular weight is 452 g/mol. The van der Waals surface area contributed by atoms with E-state index in [0.29, 0.717) is 5.13 Å². The zero-order valence-corrected chi connectivity index (χ0v) is 21.1. The molecule has 0 aromatic carbocycles. The molecule has 3 heterocycles. The van der Waals surface area contributed by atoms with Crippen LogP contribution in [0.1, 0.15) is 77.8 Å². The maximum absolute atomic E-state index is 12.6. The molecule has 0 aliphatic heterocycles. The molecule has 3 rings (SSSR count).